The molecule has 6 aliphatic rings. The third-order valence-corrected chi connectivity index (χ3v) is 12.4. The SMILES string of the molecule is COC(=O)[C@@]12OCC34C([C@@H](O)C1O)[C@@]1(C)CC(=O)C(O[C@@H]5O[C@H](CO)[C@@H](O)[C@@H](O)[C@H]5O)=C(C)C1C[C@H]3OC(=O)[C@H](OC(=O)/C=C(\C)C(C)C)[C@H]42. The van der Waals surface area contributed by atoms with Gasteiger partial charge >= 0.3 is 17.9 Å². The number of hydrogen-bond acceptors (Lipinski definition) is 16. The summed E-state index contributed by atoms with van der Waals surface area (Å²) in [6.45, 7) is 7.74. The second-order valence-corrected chi connectivity index (χ2v) is 15.1. The first-order chi connectivity index (χ1) is 23.4. The van der Waals surface area contributed by atoms with E-state index in [1.807, 2.05) is 13.8 Å². The predicted octanol–water partition coefficient (Wildman–Crippen LogP) is -1.59. The Morgan fingerprint density at radius 2 is 1.72 bits per heavy atom. The molecule has 3 heterocycles. The zero-order valence-electron chi connectivity index (χ0n) is 28.7. The summed E-state index contributed by atoms with van der Waals surface area (Å²) in [5.74, 6) is -6.90. The van der Waals surface area contributed by atoms with Gasteiger partial charge in [0.2, 0.25) is 18.0 Å². The number of aliphatic hydroxyl groups excluding tert-OH is 6. The summed E-state index contributed by atoms with van der Waals surface area (Å²) in [6, 6.07) is 0. The maximum absolute atomic E-state index is 14.0. The van der Waals surface area contributed by atoms with Gasteiger partial charge in [-0.2, -0.15) is 0 Å². The highest BCUT2D eigenvalue weighted by Gasteiger charge is 2.85. The van der Waals surface area contributed by atoms with Crippen LogP contribution in [0.2, 0.25) is 0 Å². The molecule has 16 heteroatoms. The van der Waals surface area contributed by atoms with Crippen molar-refractivity contribution >= 4 is 23.7 Å². The molecule has 6 rings (SSSR count). The smallest absolute Gasteiger partial charge is 0.348 e. The van der Waals surface area contributed by atoms with Gasteiger partial charge in [0.15, 0.2) is 11.5 Å². The number of carbonyl (C=O) groups is 4. The van der Waals surface area contributed by atoms with E-state index in [2.05, 4.69) is 0 Å². The fourth-order valence-electron chi connectivity index (χ4n) is 9.80. The molecule has 15 atom stereocenters. The first-order valence-corrected chi connectivity index (χ1v) is 16.8. The number of carbonyl (C=O) groups excluding carboxylic acids is 4. The molecular formula is C34H46O16. The Balaban J connectivity index is 1.44. The Bertz CT molecular complexity index is 1500. The average molecular weight is 711 g/mol. The lowest BCUT2D eigenvalue weighted by Crippen LogP contribution is -2.79. The maximum Gasteiger partial charge on any atom is 0.348 e. The zero-order valence-corrected chi connectivity index (χ0v) is 28.7. The number of aliphatic hydroxyl groups is 6. The number of rotatable bonds is 7. The van der Waals surface area contributed by atoms with Gasteiger partial charge in [-0.1, -0.05) is 26.3 Å². The van der Waals surface area contributed by atoms with Gasteiger partial charge in [0.1, 0.15) is 36.6 Å². The first-order valence-electron chi connectivity index (χ1n) is 16.8. The van der Waals surface area contributed by atoms with E-state index in [4.69, 9.17) is 28.4 Å². The summed E-state index contributed by atoms with van der Waals surface area (Å²) in [6.07, 6.45) is -13.7. The Morgan fingerprint density at radius 3 is 2.34 bits per heavy atom. The number of methoxy groups -OCH3 is 1. The summed E-state index contributed by atoms with van der Waals surface area (Å²) < 4.78 is 34.3. The van der Waals surface area contributed by atoms with E-state index in [1.54, 1.807) is 20.8 Å². The summed E-state index contributed by atoms with van der Waals surface area (Å²) in [4.78, 5) is 54.6. The van der Waals surface area contributed by atoms with E-state index >= 15 is 0 Å². The van der Waals surface area contributed by atoms with Crippen LogP contribution < -0.4 is 0 Å². The van der Waals surface area contributed by atoms with Crippen molar-refractivity contribution in [3.63, 3.8) is 0 Å². The van der Waals surface area contributed by atoms with E-state index in [0.29, 0.717) is 11.1 Å². The second-order valence-electron chi connectivity index (χ2n) is 15.1. The van der Waals surface area contributed by atoms with Crippen molar-refractivity contribution < 1.29 is 78.2 Å². The summed E-state index contributed by atoms with van der Waals surface area (Å²) in [5, 5.41) is 64.6. The molecule has 278 valence electrons. The van der Waals surface area contributed by atoms with Gasteiger partial charge in [0.05, 0.1) is 32.3 Å². The number of Topliss-reactive ketones (excluding diaryl/α,β-unsaturated/α-hetero) is 1. The number of allylic oxidation sites excluding steroid dienone is 3. The van der Waals surface area contributed by atoms with Gasteiger partial charge < -0.3 is 59.1 Å². The normalized spacial score (nSPS) is 46.9. The summed E-state index contributed by atoms with van der Waals surface area (Å²) in [7, 11) is 1.06. The molecule has 0 aromatic carbocycles. The van der Waals surface area contributed by atoms with E-state index in [9.17, 15) is 49.8 Å². The molecule has 16 nitrogen and oxygen atoms in total. The van der Waals surface area contributed by atoms with Crippen LogP contribution in [-0.4, -0.2) is 135 Å². The lowest BCUT2D eigenvalue weighted by Gasteiger charge is -2.67. The van der Waals surface area contributed by atoms with Crippen molar-refractivity contribution in [1.82, 2.24) is 0 Å². The number of hydrogen-bond donors (Lipinski definition) is 6. The predicted molar refractivity (Wildman–Crippen MR) is 164 cm³/mol. The van der Waals surface area contributed by atoms with Gasteiger partial charge in [-0.15, -0.1) is 0 Å². The fraction of sp³-hybridized carbons (Fsp3) is 0.765. The fourth-order valence-corrected chi connectivity index (χ4v) is 9.80. The molecular weight excluding hydrogens is 664 g/mol. The van der Waals surface area contributed by atoms with Crippen LogP contribution in [0.3, 0.4) is 0 Å². The molecule has 3 aliphatic heterocycles. The molecule has 0 radical (unpaired) electrons. The van der Waals surface area contributed by atoms with Crippen molar-refractivity contribution in [3.05, 3.63) is 23.0 Å². The van der Waals surface area contributed by atoms with E-state index in [-0.39, 0.29) is 31.1 Å². The third-order valence-electron chi connectivity index (χ3n) is 12.4. The van der Waals surface area contributed by atoms with Gasteiger partial charge in [-0.05, 0) is 43.1 Å². The molecule has 50 heavy (non-hydrogen) atoms. The highest BCUT2D eigenvalue weighted by atomic mass is 16.7. The second kappa shape index (κ2) is 12.6. The monoisotopic (exact) mass is 710 g/mol. The van der Waals surface area contributed by atoms with Crippen LogP contribution in [-0.2, 0) is 47.6 Å². The van der Waals surface area contributed by atoms with Crippen LogP contribution in [0.5, 0.6) is 0 Å². The van der Waals surface area contributed by atoms with Crippen LogP contribution >= 0.6 is 0 Å². The molecule has 0 amide bonds. The van der Waals surface area contributed by atoms with Crippen molar-refractivity contribution in [2.45, 2.75) is 108 Å². The molecule has 2 saturated carbocycles. The minimum atomic E-state index is -2.33. The molecule has 0 aromatic heterocycles. The van der Waals surface area contributed by atoms with Gasteiger partial charge in [0, 0.05) is 23.8 Å². The van der Waals surface area contributed by atoms with Gasteiger partial charge in [-0.3, -0.25) is 4.79 Å². The van der Waals surface area contributed by atoms with Crippen molar-refractivity contribution in [1.29, 1.82) is 0 Å². The lowest BCUT2D eigenvalue weighted by molar-refractivity contribution is -0.296. The lowest BCUT2D eigenvalue weighted by atomic mass is 9.38. The van der Waals surface area contributed by atoms with Gasteiger partial charge in [-0.25, -0.2) is 14.4 Å². The minimum Gasteiger partial charge on any atom is -0.467 e. The zero-order chi connectivity index (χ0) is 36.8. The third kappa shape index (κ3) is 4.94. The molecule has 4 unspecified atom stereocenters. The van der Waals surface area contributed by atoms with Crippen LogP contribution in [0.4, 0.5) is 0 Å². The molecule has 0 aromatic rings. The topological polar surface area (TPSA) is 245 Å². The van der Waals surface area contributed by atoms with Crippen molar-refractivity contribution in [2.24, 2.45) is 34.5 Å². The number of ketones is 1. The highest BCUT2D eigenvalue weighted by molar-refractivity contribution is 5.96. The first kappa shape index (κ1) is 36.8. The van der Waals surface area contributed by atoms with Crippen LogP contribution in [0.1, 0.15) is 47.5 Å². The van der Waals surface area contributed by atoms with Crippen LogP contribution in [0, 0.1) is 34.5 Å². The Labute approximate surface area is 287 Å². The largest absolute Gasteiger partial charge is 0.467 e. The molecule has 6 N–H and O–H groups in total. The molecule has 5 fully saturated rings. The van der Waals surface area contributed by atoms with E-state index in [0.717, 1.165) is 7.11 Å². The molecule has 3 saturated heterocycles. The minimum absolute atomic E-state index is 0.0225. The quantitative estimate of drug-likeness (QED) is 0.0991. The van der Waals surface area contributed by atoms with Crippen molar-refractivity contribution in [3.8, 4) is 0 Å². The highest BCUT2D eigenvalue weighted by Crippen LogP contribution is 2.73. The standard InChI is InChI=1S/C34H46O16/c1-12(2)13(3)7-19(37)49-25-27-33-11-46-34(27,31(44)45-6)28(42)23(41)26(33)32(5)9-16(36)24(14(4)15(32)8-18(33)48-29(25)43)50-30-22(40)21(39)20(38)17(10-35)47-30/h7,12,15,17-18,20-23,25-28,30,35,38-42H,8-11H2,1-6H3/b13-7+/t15?,17-,18-,20-,21-,22-,23-,25-,26?,27-,28?,30+,32+,33?,34+/m1/s1. The number of fused-ring (bicyclic) bond motifs is 2. The van der Waals surface area contributed by atoms with Gasteiger partial charge in [0.25, 0.3) is 0 Å². The average Bonchev–Trinajstić information content (AvgIpc) is 3.37. The Kier molecular flexibility index (Phi) is 9.29. The van der Waals surface area contributed by atoms with Crippen LogP contribution in [0.25, 0.3) is 0 Å². The molecule has 3 aliphatic carbocycles. The molecule has 2 bridgehead atoms. The Hall–Kier alpha value is -2.96. The number of ether oxygens (including phenoxy) is 6. The number of esters is 3. The van der Waals surface area contributed by atoms with E-state index in [1.165, 1.54) is 6.08 Å². The summed E-state index contributed by atoms with van der Waals surface area (Å²) in [5.41, 5.74) is -3.97. The van der Waals surface area contributed by atoms with Crippen LogP contribution in [0.15, 0.2) is 23.0 Å². The molecule has 1 spiro atoms. The Morgan fingerprint density at radius 1 is 1.04 bits per heavy atom. The van der Waals surface area contributed by atoms with E-state index < -0.39 is 120 Å². The maximum atomic E-state index is 14.0. The summed E-state index contributed by atoms with van der Waals surface area (Å²) >= 11 is 0. The van der Waals surface area contributed by atoms with Crippen molar-refractivity contribution in [2.75, 3.05) is 20.3 Å².